The van der Waals surface area contributed by atoms with Crippen LogP contribution in [0.4, 0.5) is 18.9 Å². The number of carbonyl (C=O) groups excluding carboxylic acids is 2. The van der Waals surface area contributed by atoms with Gasteiger partial charge < -0.3 is 15.3 Å². The molecule has 9 heteroatoms. The van der Waals surface area contributed by atoms with Gasteiger partial charge in [0.15, 0.2) is 0 Å². The van der Waals surface area contributed by atoms with Crippen LogP contribution in [0.5, 0.6) is 0 Å². The molecule has 0 spiro atoms. The van der Waals surface area contributed by atoms with E-state index in [1.165, 1.54) is 31.2 Å². The summed E-state index contributed by atoms with van der Waals surface area (Å²) in [6, 6.07) is 8.16. The van der Waals surface area contributed by atoms with E-state index in [0.29, 0.717) is 12.2 Å². The summed E-state index contributed by atoms with van der Waals surface area (Å²) in [5, 5.41) is 10.5. The number of allylic oxidation sites excluding steroid dienone is 1. The molecular formula is C26H33F3N2O4. The molecule has 6 nitrogen and oxygen atoms in total. The van der Waals surface area contributed by atoms with Crippen molar-refractivity contribution < 1.29 is 32.7 Å². The van der Waals surface area contributed by atoms with Gasteiger partial charge >= 0.3 is 12.1 Å². The average Bonchev–Trinajstić information content (AvgIpc) is 3.24. The molecule has 3 aliphatic rings. The van der Waals surface area contributed by atoms with Crippen LogP contribution in [-0.2, 0) is 20.8 Å². The van der Waals surface area contributed by atoms with Crippen molar-refractivity contribution in [2.45, 2.75) is 70.0 Å². The molecule has 2 atom stereocenters. The fourth-order valence-corrected chi connectivity index (χ4v) is 4.79. The molecule has 0 aromatic heterocycles. The zero-order valence-corrected chi connectivity index (χ0v) is 19.7. The van der Waals surface area contributed by atoms with Crippen LogP contribution in [0.2, 0.25) is 0 Å². The van der Waals surface area contributed by atoms with Crippen molar-refractivity contribution in [1.82, 2.24) is 5.32 Å². The summed E-state index contributed by atoms with van der Waals surface area (Å²) < 4.78 is 31.7. The van der Waals surface area contributed by atoms with Crippen molar-refractivity contribution in [1.29, 1.82) is 0 Å². The van der Waals surface area contributed by atoms with Crippen LogP contribution in [-0.4, -0.2) is 48.1 Å². The molecule has 1 aliphatic carbocycles. The smallest absolute Gasteiger partial charge is 0.475 e. The van der Waals surface area contributed by atoms with E-state index >= 15 is 0 Å². The Kier molecular flexibility index (Phi) is 9.48. The molecule has 2 N–H and O–H groups in total. The summed E-state index contributed by atoms with van der Waals surface area (Å²) in [6.45, 7) is 1.70. The standard InChI is InChI=1S/C24H32N2O2.C2HF3O2/c27-23(21-9-3-4-14-25-21)17-19(16-18-6-5-7-18)11-12-24(28)26-15-13-20-8-1-2-10-22(20)26;3-2(4,5)1(6)7/h1-2,8,10-12,18-19,21,25H,3-7,9,13-17H2;(H,6,7)/b12-11+;/t19-,21+;/m1./s1. The van der Waals surface area contributed by atoms with E-state index in [0.717, 1.165) is 50.4 Å². The lowest BCUT2D eigenvalue weighted by Gasteiger charge is -2.29. The number of benzene rings is 1. The van der Waals surface area contributed by atoms with Gasteiger partial charge in [-0.05, 0) is 61.8 Å². The van der Waals surface area contributed by atoms with E-state index in [-0.39, 0.29) is 17.9 Å². The lowest BCUT2D eigenvalue weighted by Crippen LogP contribution is -2.41. The molecule has 1 saturated heterocycles. The number of ketones is 1. The number of anilines is 1. The third-order valence-corrected chi connectivity index (χ3v) is 6.93. The van der Waals surface area contributed by atoms with Crippen LogP contribution in [0.3, 0.4) is 0 Å². The number of carboxylic acids is 1. The zero-order valence-electron chi connectivity index (χ0n) is 19.7. The lowest BCUT2D eigenvalue weighted by molar-refractivity contribution is -0.192. The largest absolute Gasteiger partial charge is 0.490 e. The van der Waals surface area contributed by atoms with Gasteiger partial charge in [-0.1, -0.05) is 50.0 Å². The van der Waals surface area contributed by atoms with Gasteiger partial charge in [0.2, 0.25) is 0 Å². The first-order chi connectivity index (χ1) is 16.6. The minimum atomic E-state index is -5.08. The predicted octanol–water partition coefficient (Wildman–Crippen LogP) is 4.67. The second kappa shape index (κ2) is 12.3. The Morgan fingerprint density at radius 1 is 1.11 bits per heavy atom. The van der Waals surface area contributed by atoms with E-state index in [9.17, 15) is 22.8 Å². The van der Waals surface area contributed by atoms with Crippen molar-refractivity contribution in [2.75, 3.05) is 18.0 Å². The number of Topliss-reactive ketones (excluding diaryl/α,β-unsaturated/α-hetero) is 1. The minimum absolute atomic E-state index is 0.0206. The van der Waals surface area contributed by atoms with E-state index in [2.05, 4.69) is 11.4 Å². The zero-order chi connectivity index (χ0) is 25.4. The number of halogens is 3. The summed E-state index contributed by atoms with van der Waals surface area (Å²) in [5.74, 6) is -1.47. The Labute approximate surface area is 203 Å². The molecule has 4 rings (SSSR count). The molecule has 1 amide bonds. The average molecular weight is 495 g/mol. The summed E-state index contributed by atoms with van der Waals surface area (Å²) in [4.78, 5) is 36.3. The molecule has 0 unspecified atom stereocenters. The van der Waals surface area contributed by atoms with Crippen LogP contribution in [0.15, 0.2) is 36.4 Å². The van der Waals surface area contributed by atoms with Crippen molar-refractivity contribution in [3.05, 3.63) is 42.0 Å². The topological polar surface area (TPSA) is 86.7 Å². The number of nitrogens with zero attached hydrogens (tertiary/aromatic N) is 1. The Bertz CT molecular complexity index is 921. The third-order valence-electron chi connectivity index (χ3n) is 6.93. The maximum atomic E-state index is 12.8. The summed E-state index contributed by atoms with van der Waals surface area (Å²) in [6.07, 6.45) is 8.32. The fourth-order valence-electron chi connectivity index (χ4n) is 4.79. The number of amides is 1. The van der Waals surface area contributed by atoms with E-state index in [1.54, 1.807) is 6.08 Å². The molecule has 192 valence electrons. The molecule has 0 radical (unpaired) electrons. The number of rotatable bonds is 7. The highest BCUT2D eigenvalue weighted by Crippen LogP contribution is 2.34. The summed E-state index contributed by atoms with van der Waals surface area (Å²) >= 11 is 0. The number of fused-ring (bicyclic) bond motifs is 1. The maximum Gasteiger partial charge on any atom is 0.490 e. The first-order valence-electron chi connectivity index (χ1n) is 12.3. The van der Waals surface area contributed by atoms with Gasteiger partial charge in [0, 0.05) is 18.7 Å². The second-order valence-electron chi connectivity index (χ2n) is 9.50. The first kappa shape index (κ1) is 26.9. The Hall–Kier alpha value is -2.68. The molecule has 1 saturated carbocycles. The molecule has 1 aromatic carbocycles. The van der Waals surface area contributed by atoms with Gasteiger partial charge in [-0.25, -0.2) is 4.79 Å². The highest BCUT2D eigenvalue weighted by molar-refractivity contribution is 6.02. The second-order valence-corrected chi connectivity index (χ2v) is 9.50. The number of alkyl halides is 3. The maximum absolute atomic E-state index is 12.8. The van der Waals surface area contributed by atoms with Crippen molar-refractivity contribution >= 4 is 23.3 Å². The van der Waals surface area contributed by atoms with Gasteiger partial charge in [0.25, 0.3) is 5.91 Å². The molecule has 35 heavy (non-hydrogen) atoms. The third kappa shape index (κ3) is 7.92. The lowest BCUT2D eigenvalue weighted by atomic mass is 9.77. The number of aliphatic carboxylic acids is 1. The number of nitrogens with one attached hydrogen (secondary N) is 1. The van der Waals surface area contributed by atoms with E-state index in [1.807, 2.05) is 29.2 Å². The Morgan fingerprint density at radius 2 is 1.83 bits per heavy atom. The van der Waals surface area contributed by atoms with Gasteiger partial charge in [-0.2, -0.15) is 13.2 Å². The quantitative estimate of drug-likeness (QED) is 0.538. The fraction of sp³-hybridized carbons (Fsp3) is 0.577. The van der Waals surface area contributed by atoms with Crippen molar-refractivity contribution in [3.8, 4) is 0 Å². The molecule has 2 heterocycles. The van der Waals surface area contributed by atoms with Gasteiger partial charge in [-0.3, -0.25) is 9.59 Å². The van der Waals surface area contributed by atoms with Gasteiger partial charge in [0.05, 0.1) is 6.04 Å². The normalized spacial score (nSPS) is 21.0. The van der Waals surface area contributed by atoms with Crippen LogP contribution < -0.4 is 10.2 Å². The molecule has 0 bridgehead atoms. The molecule has 2 aliphatic heterocycles. The van der Waals surface area contributed by atoms with Crippen LogP contribution in [0, 0.1) is 11.8 Å². The minimum Gasteiger partial charge on any atom is -0.475 e. The molecule has 2 fully saturated rings. The number of carbonyl (C=O) groups is 3. The number of carboxylic acid groups (broad SMARTS) is 1. The van der Waals surface area contributed by atoms with E-state index < -0.39 is 12.1 Å². The predicted molar refractivity (Wildman–Crippen MR) is 126 cm³/mol. The highest BCUT2D eigenvalue weighted by atomic mass is 19.4. The molecular weight excluding hydrogens is 461 g/mol. The number of piperidine rings is 1. The summed E-state index contributed by atoms with van der Waals surface area (Å²) in [5.41, 5.74) is 2.28. The van der Waals surface area contributed by atoms with Crippen molar-refractivity contribution in [2.24, 2.45) is 11.8 Å². The number of para-hydroxylation sites is 1. The van der Waals surface area contributed by atoms with Crippen LogP contribution in [0.25, 0.3) is 0 Å². The van der Waals surface area contributed by atoms with E-state index in [4.69, 9.17) is 9.90 Å². The van der Waals surface area contributed by atoms with Crippen LogP contribution in [0.1, 0.15) is 56.9 Å². The first-order valence-corrected chi connectivity index (χ1v) is 12.3. The SMILES string of the molecule is O=C(C[C@H](/C=C/C(=O)N1CCc2ccccc21)CC1CCC1)[C@@H]1CCCCN1.O=C(O)C(F)(F)F. The van der Waals surface area contributed by atoms with Crippen molar-refractivity contribution in [3.63, 3.8) is 0 Å². The highest BCUT2D eigenvalue weighted by Gasteiger charge is 2.38. The molecule has 1 aromatic rings. The van der Waals surface area contributed by atoms with Gasteiger partial charge in [0.1, 0.15) is 5.78 Å². The van der Waals surface area contributed by atoms with Crippen LogP contribution >= 0.6 is 0 Å². The number of hydrogen-bond donors (Lipinski definition) is 2. The monoisotopic (exact) mass is 494 g/mol. The Balaban J connectivity index is 0.000000429. The summed E-state index contributed by atoms with van der Waals surface area (Å²) in [7, 11) is 0. The Morgan fingerprint density at radius 3 is 2.43 bits per heavy atom. The number of hydrogen-bond acceptors (Lipinski definition) is 4. The van der Waals surface area contributed by atoms with Gasteiger partial charge in [-0.15, -0.1) is 0 Å².